The largest absolute Gasteiger partial charge is 0.453 e. The van der Waals surface area contributed by atoms with Crippen molar-refractivity contribution in [3.05, 3.63) is 39.6 Å². The first-order valence-corrected chi connectivity index (χ1v) is 9.66. The lowest BCUT2D eigenvalue weighted by molar-refractivity contribution is 0.0466. The molecule has 1 aromatic carbocycles. The molecule has 1 fully saturated rings. The van der Waals surface area contributed by atoms with Crippen LogP contribution >= 0.6 is 23.2 Å². The monoisotopic (exact) mass is 382 g/mol. The highest BCUT2D eigenvalue weighted by Crippen LogP contribution is 2.34. The van der Waals surface area contributed by atoms with Crippen molar-refractivity contribution in [1.82, 2.24) is 9.78 Å². The third-order valence-corrected chi connectivity index (χ3v) is 4.93. The maximum absolute atomic E-state index is 6.17. The predicted molar refractivity (Wildman–Crippen MR) is 101 cm³/mol. The normalized spacial score (nSPS) is 17.7. The molecule has 1 unspecified atom stereocenters. The van der Waals surface area contributed by atoms with Gasteiger partial charge in [0.05, 0.1) is 12.3 Å². The van der Waals surface area contributed by atoms with Crippen molar-refractivity contribution in [2.75, 3.05) is 13.2 Å². The summed E-state index contributed by atoms with van der Waals surface area (Å²) < 4.78 is 13.9. The van der Waals surface area contributed by atoms with Gasteiger partial charge in [0.2, 0.25) is 0 Å². The summed E-state index contributed by atoms with van der Waals surface area (Å²) in [7, 11) is 0. The zero-order chi connectivity index (χ0) is 17.8. The van der Waals surface area contributed by atoms with E-state index in [2.05, 4.69) is 18.5 Å². The van der Waals surface area contributed by atoms with E-state index in [0.717, 1.165) is 56.2 Å². The average Bonchev–Trinajstić information content (AvgIpc) is 2.91. The van der Waals surface area contributed by atoms with Gasteiger partial charge in [0.15, 0.2) is 5.75 Å². The van der Waals surface area contributed by atoms with Gasteiger partial charge >= 0.3 is 0 Å². The maximum Gasteiger partial charge on any atom is 0.171 e. The van der Waals surface area contributed by atoms with Gasteiger partial charge in [-0.25, -0.2) is 0 Å². The molecule has 0 radical (unpaired) electrons. The zero-order valence-electron chi connectivity index (χ0n) is 14.7. The number of hydrogen-bond acceptors (Lipinski definition) is 3. The summed E-state index contributed by atoms with van der Waals surface area (Å²) in [6.07, 6.45) is 3.97. The summed E-state index contributed by atoms with van der Waals surface area (Å²) in [6.45, 7) is 6.77. The van der Waals surface area contributed by atoms with Crippen LogP contribution in [0.2, 0.25) is 10.0 Å². The standard InChI is InChI=1S/C19H24Cl2N2O2/c1-3-17-19(25-16-9-14(20)8-15(21)10-16)18(4-2)23(22-17)11-13-6-5-7-24-12-13/h8-10,13H,3-7,11-12H2,1-2H3. The number of nitrogens with zero attached hydrogens (tertiary/aromatic N) is 2. The number of aryl methyl sites for hydroxylation is 1. The number of hydrogen-bond donors (Lipinski definition) is 0. The molecule has 1 aromatic heterocycles. The summed E-state index contributed by atoms with van der Waals surface area (Å²) in [5.41, 5.74) is 2.07. The van der Waals surface area contributed by atoms with Crippen LogP contribution in [0.4, 0.5) is 0 Å². The summed E-state index contributed by atoms with van der Waals surface area (Å²) in [6, 6.07) is 5.25. The van der Waals surface area contributed by atoms with Gasteiger partial charge in [0.1, 0.15) is 11.4 Å². The van der Waals surface area contributed by atoms with Crippen molar-refractivity contribution in [3.8, 4) is 11.5 Å². The highest BCUT2D eigenvalue weighted by atomic mass is 35.5. The smallest absolute Gasteiger partial charge is 0.171 e. The third kappa shape index (κ3) is 4.49. The summed E-state index contributed by atoms with van der Waals surface area (Å²) >= 11 is 12.2. The van der Waals surface area contributed by atoms with Crippen LogP contribution in [0, 0.1) is 5.92 Å². The van der Waals surface area contributed by atoms with E-state index in [1.54, 1.807) is 18.2 Å². The van der Waals surface area contributed by atoms with Gasteiger partial charge in [-0.15, -0.1) is 0 Å². The van der Waals surface area contributed by atoms with E-state index in [9.17, 15) is 0 Å². The van der Waals surface area contributed by atoms with E-state index in [1.807, 2.05) is 0 Å². The molecule has 25 heavy (non-hydrogen) atoms. The lowest BCUT2D eigenvalue weighted by atomic mass is 10.0. The highest BCUT2D eigenvalue weighted by molar-refractivity contribution is 6.34. The maximum atomic E-state index is 6.17. The van der Waals surface area contributed by atoms with Crippen LogP contribution in [0.25, 0.3) is 0 Å². The molecule has 3 rings (SSSR count). The van der Waals surface area contributed by atoms with E-state index in [1.165, 1.54) is 6.42 Å². The minimum absolute atomic E-state index is 0.511. The molecule has 0 N–H and O–H groups in total. The number of ether oxygens (including phenoxy) is 2. The molecule has 2 heterocycles. The molecule has 136 valence electrons. The van der Waals surface area contributed by atoms with Crippen molar-refractivity contribution >= 4 is 23.2 Å². The predicted octanol–water partition coefficient (Wildman–Crippen LogP) is 5.53. The fraction of sp³-hybridized carbons (Fsp3) is 0.526. The molecule has 0 aliphatic carbocycles. The molecule has 0 spiro atoms. The van der Waals surface area contributed by atoms with Crippen molar-refractivity contribution in [3.63, 3.8) is 0 Å². The molecule has 6 heteroatoms. The summed E-state index contributed by atoms with van der Waals surface area (Å²) in [5.74, 6) is 1.99. The first kappa shape index (κ1) is 18.6. The molecule has 0 bridgehead atoms. The highest BCUT2D eigenvalue weighted by Gasteiger charge is 2.22. The Morgan fingerprint density at radius 1 is 1.20 bits per heavy atom. The van der Waals surface area contributed by atoms with Crippen LogP contribution in [-0.4, -0.2) is 23.0 Å². The van der Waals surface area contributed by atoms with Crippen LogP contribution in [0.1, 0.15) is 38.1 Å². The van der Waals surface area contributed by atoms with Crippen molar-refractivity contribution < 1.29 is 9.47 Å². The molecule has 1 saturated heterocycles. The Morgan fingerprint density at radius 3 is 2.56 bits per heavy atom. The number of aromatic nitrogens is 2. The van der Waals surface area contributed by atoms with E-state index in [4.69, 9.17) is 37.8 Å². The first-order chi connectivity index (χ1) is 12.1. The molecule has 4 nitrogen and oxygen atoms in total. The van der Waals surface area contributed by atoms with Crippen molar-refractivity contribution in [2.24, 2.45) is 5.92 Å². The Bertz CT molecular complexity index is 704. The number of benzene rings is 1. The van der Waals surface area contributed by atoms with Crippen LogP contribution in [-0.2, 0) is 24.1 Å². The average molecular weight is 383 g/mol. The van der Waals surface area contributed by atoms with Crippen LogP contribution in [0.3, 0.4) is 0 Å². The summed E-state index contributed by atoms with van der Waals surface area (Å²) in [4.78, 5) is 0. The molecule has 1 atom stereocenters. The third-order valence-electron chi connectivity index (χ3n) is 4.49. The van der Waals surface area contributed by atoms with E-state index in [-0.39, 0.29) is 0 Å². The van der Waals surface area contributed by atoms with Crippen LogP contribution < -0.4 is 4.74 Å². The van der Waals surface area contributed by atoms with Gasteiger partial charge in [-0.05, 0) is 43.9 Å². The molecular formula is C19H24Cl2N2O2. The first-order valence-electron chi connectivity index (χ1n) is 8.91. The second kappa shape index (κ2) is 8.43. The lowest BCUT2D eigenvalue weighted by Gasteiger charge is -2.22. The SMILES string of the molecule is CCc1nn(CC2CCCOC2)c(CC)c1Oc1cc(Cl)cc(Cl)c1. The van der Waals surface area contributed by atoms with Crippen molar-refractivity contribution in [2.45, 2.75) is 46.1 Å². The van der Waals surface area contributed by atoms with Gasteiger partial charge in [-0.3, -0.25) is 4.68 Å². The van der Waals surface area contributed by atoms with E-state index in [0.29, 0.717) is 21.7 Å². The summed E-state index contributed by atoms with van der Waals surface area (Å²) in [5, 5.41) is 5.93. The van der Waals surface area contributed by atoms with Gasteiger partial charge in [-0.2, -0.15) is 5.10 Å². The number of halogens is 2. The molecule has 1 aliphatic heterocycles. The lowest BCUT2D eigenvalue weighted by Crippen LogP contribution is -2.23. The Labute approximate surface area is 159 Å². The van der Waals surface area contributed by atoms with Crippen LogP contribution in [0.5, 0.6) is 11.5 Å². The molecular weight excluding hydrogens is 359 g/mol. The van der Waals surface area contributed by atoms with Gasteiger partial charge in [-0.1, -0.05) is 37.0 Å². The second-order valence-electron chi connectivity index (χ2n) is 6.40. The quantitative estimate of drug-likeness (QED) is 0.658. The minimum Gasteiger partial charge on any atom is -0.453 e. The molecule has 1 aliphatic rings. The number of rotatable bonds is 6. The Hall–Kier alpha value is -1.23. The van der Waals surface area contributed by atoms with E-state index >= 15 is 0 Å². The topological polar surface area (TPSA) is 36.3 Å². The van der Waals surface area contributed by atoms with Gasteiger partial charge in [0, 0.05) is 29.1 Å². The fourth-order valence-electron chi connectivity index (χ4n) is 3.28. The molecule has 0 saturated carbocycles. The fourth-order valence-corrected chi connectivity index (χ4v) is 3.79. The molecule has 2 aromatic rings. The minimum atomic E-state index is 0.511. The Balaban J connectivity index is 1.89. The second-order valence-corrected chi connectivity index (χ2v) is 7.27. The Morgan fingerprint density at radius 2 is 1.96 bits per heavy atom. The van der Waals surface area contributed by atoms with E-state index < -0.39 is 0 Å². The molecule has 0 amide bonds. The van der Waals surface area contributed by atoms with Gasteiger partial charge < -0.3 is 9.47 Å². The van der Waals surface area contributed by atoms with Gasteiger partial charge in [0.25, 0.3) is 0 Å². The zero-order valence-corrected chi connectivity index (χ0v) is 16.2. The van der Waals surface area contributed by atoms with Crippen LogP contribution in [0.15, 0.2) is 18.2 Å². The Kier molecular flexibility index (Phi) is 6.26. The van der Waals surface area contributed by atoms with Crippen molar-refractivity contribution in [1.29, 1.82) is 0 Å².